The first-order chi connectivity index (χ1) is 7.83. The van der Waals surface area contributed by atoms with Gasteiger partial charge in [0, 0.05) is 17.8 Å². The Balaban J connectivity index is 2.95. The smallest absolute Gasteiger partial charge is 0.365 e. The minimum atomic E-state index is -4.23. The first-order valence-corrected chi connectivity index (χ1v) is 5.47. The Labute approximate surface area is 103 Å². The fourth-order valence-corrected chi connectivity index (χ4v) is 1.83. The van der Waals surface area contributed by atoms with E-state index in [0.717, 1.165) is 10.5 Å². The zero-order valence-corrected chi connectivity index (χ0v) is 10.1. The molecule has 96 valence electrons. The van der Waals surface area contributed by atoms with Gasteiger partial charge in [0.15, 0.2) is 0 Å². The van der Waals surface area contributed by atoms with Crippen LogP contribution in [0.2, 0.25) is 5.02 Å². The number of rotatable bonds is 4. The standard InChI is InChI=1S/C11H14ClF3N2/c1-17(7-11(13,14)15)10-3-2-9(12)6-8(10)4-5-16/h2-3,6H,4-5,7,16H2,1H3. The van der Waals surface area contributed by atoms with Crippen LogP contribution in [-0.2, 0) is 6.42 Å². The first-order valence-electron chi connectivity index (χ1n) is 5.10. The van der Waals surface area contributed by atoms with Gasteiger partial charge in [0.05, 0.1) is 0 Å². The highest BCUT2D eigenvalue weighted by molar-refractivity contribution is 6.30. The Bertz CT molecular complexity index is 379. The number of anilines is 1. The first kappa shape index (κ1) is 14.1. The number of nitrogens with two attached hydrogens (primary N) is 1. The molecular formula is C11H14ClF3N2. The summed E-state index contributed by atoms with van der Waals surface area (Å²) >= 11 is 5.81. The van der Waals surface area contributed by atoms with Crippen LogP contribution in [0, 0.1) is 0 Å². The van der Waals surface area contributed by atoms with Crippen molar-refractivity contribution < 1.29 is 13.2 Å². The molecule has 0 aliphatic rings. The Morgan fingerprint density at radius 2 is 2.00 bits per heavy atom. The van der Waals surface area contributed by atoms with Crippen LogP contribution < -0.4 is 10.6 Å². The number of hydrogen-bond donors (Lipinski definition) is 1. The lowest BCUT2D eigenvalue weighted by Gasteiger charge is -2.23. The van der Waals surface area contributed by atoms with Gasteiger partial charge in [-0.3, -0.25) is 0 Å². The maximum atomic E-state index is 12.3. The van der Waals surface area contributed by atoms with Gasteiger partial charge in [-0.25, -0.2) is 0 Å². The summed E-state index contributed by atoms with van der Waals surface area (Å²) in [5, 5.41) is 0.498. The molecule has 0 unspecified atom stereocenters. The Kier molecular flexibility index (Phi) is 4.65. The third-order valence-electron chi connectivity index (χ3n) is 2.28. The van der Waals surface area contributed by atoms with Crippen LogP contribution in [0.1, 0.15) is 5.56 Å². The van der Waals surface area contributed by atoms with Gasteiger partial charge in [-0.05, 0) is 36.7 Å². The van der Waals surface area contributed by atoms with E-state index in [1.165, 1.54) is 7.05 Å². The van der Waals surface area contributed by atoms with Gasteiger partial charge in [-0.2, -0.15) is 13.2 Å². The van der Waals surface area contributed by atoms with E-state index in [9.17, 15) is 13.2 Å². The van der Waals surface area contributed by atoms with Gasteiger partial charge in [0.1, 0.15) is 6.54 Å². The van der Waals surface area contributed by atoms with E-state index in [0.29, 0.717) is 23.7 Å². The number of nitrogens with zero attached hydrogens (tertiary/aromatic N) is 1. The van der Waals surface area contributed by atoms with Crippen LogP contribution in [-0.4, -0.2) is 26.3 Å². The molecule has 0 amide bonds. The minimum Gasteiger partial charge on any atom is -0.365 e. The summed E-state index contributed by atoms with van der Waals surface area (Å²) in [5.41, 5.74) is 6.66. The van der Waals surface area contributed by atoms with E-state index in [1.807, 2.05) is 0 Å². The van der Waals surface area contributed by atoms with Crippen molar-refractivity contribution in [1.82, 2.24) is 0 Å². The molecule has 0 bridgehead atoms. The summed E-state index contributed by atoms with van der Waals surface area (Å²) in [6.45, 7) is -0.626. The van der Waals surface area contributed by atoms with E-state index in [1.54, 1.807) is 18.2 Å². The lowest BCUT2D eigenvalue weighted by Crippen LogP contribution is -2.31. The fraction of sp³-hybridized carbons (Fsp3) is 0.455. The molecule has 0 fully saturated rings. The molecule has 1 aromatic carbocycles. The predicted molar refractivity (Wildman–Crippen MR) is 63.5 cm³/mol. The number of halogens is 4. The molecule has 0 heterocycles. The summed E-state index contributed by atoms with van der Waals surface area (Å²) in [7, 11) is 1.40. The molecule has 6 heteroatoms. The van der Waals surface area contributed by atoms with E-state index >= 15 is 0 Å². The molecule has 0 atom stereocenters. The second kappa shape index (κ2) is 5.60. The van der Waals surface area contributed by atoms with Crippen molar-refractivity contribution in [3.63, 3.8) is 0 Å². The average molecular weight is 267 g/mol. The third kappa shape index (κ3) is 4.44. The summed E-state index contributed by atoms with van der Waals surface area (Å²) < 4.78 is 36.9. The topological polar surface area (TPSA) is 29.3 Å². The average Bonchev–Trinajstić information content (AvgIpc) is 2.15. The summed E-state index contributed by atoms with van der Waals surface area (Å²) in [5.74, 6) is 0. The van der Waals surface area contributed by atoms with Gasteiger partial charge in [-0.15, -0.1) is 0 Å². The molecule has 2 N–H and O–H groups in total. The number of hydrogen-bond acceptors (Lipinski definition) is 2. The van der Waals surface area contributed by atoms with Crippen molar-refractivity contribution in [3.8, 4) is 0 Å². The molecular weight excluding hydrogens is 253 g/mol. The summed E-state index contributed by atoms with van der Waals surface area (Å²) in [6, 6.07) is 4.81. The molecule has 0 radical (unpaired) electrons. The van der Waals surface area contributed by atoms with E-state index in [-0.39, 0.29) is 0 Å². The highest BCUT2D eigenvalue weighted by atomic mass is 35.5. The van der Waals surface area contributed by atoms with Crippen molar-refractivity contribution in [2.75, 3.05) is 25.0 Å². The highest BCUT2D eigenvalue weighted by Gasteiger charge is 2.29. The van der Waals surface area contributed by atoms with Crippen molar-refractivity contribution in [2.24, 2.45) is 5.73 Å². The zero-order valence-electron chi connectivity index (χ0n) is 9.39. The van der Waals surface area contributed by atoms with Crippen LogP contribution >= 0.6 is 11.6 Å². The van der Waals surface area contributed by atoms with Gasteiger partial charge >= 0.3 is 6.18 Å². The van der Waals surface area contributed by atoms with Crippen molar-refractivity contribution >= 4 is 17.3 Å². The molecule has 0 aromatic heterocycles. The Morgan fingerprint density at radius 3 is 2.53 bits per heavy atom. The Morgan fingerprint density at radius 1 is 1.35 bits per heavy atom. The SMILES string of the molecule is CN(CC(F)(F)F)c1ccc(Cl)cc1CCN. The molecule has 0 saturated carbocycles. The lowest BCUT2D eigenvalue weighted by atomic mass is 10.1. The van der Waals surface area contributed by atoms with Crippen LogP contribution in [0.3, 0.4) is 0 Å². The molecule has 1 rings (SSSR count). The maximum absolute atomic E-state index is 12.3. The maximum Gasteiger partial charge on any atom is 0.405 e. The third-order valence-corrected chi connectivity index (χ3v) is 2.52. The molecule has 0 saturated heterocycles. The normalized spacial score (nSPS) is 11.6. The van der Waals surface area contributed by atoms with Crippen LogP contribution in [0.25, 0.3) is 0 Å². The van der Waals surface area contributed by atoms with Crippen molar-refractivity contribution in [2.45, 2.75) is 12.6 Å². The second-order valence-electron chi connectivity index (χ2n) is 3.78. The number of alkyl halides is 3. The molecule has 0 spiro atoms. The van der Waals surface area contributed by atoms with Crippen molar-refractivity contribution in [1.29, 1.82) is 0 Å². The van der Waals surface area contributed by atoms with E-state index < -0.39 is 12.7 Å². The molecule has 1 aromatic rings. The Hall–Kier alpha value is -0.940. The van der Waals surface area contributed by atoms with Gasteiger partial charge in [-0.1, -0.05) is 11.6 Å². The predicted octanol–water partition coefficient (Wildman–Crippen LogP) is 2.84. The van der Waals surface area contributed by atoms with Gasteiger partial charge in [0.25, 0.3) is 0 Å². The van der Waals surface area contributed by atoms with Crippen LogP contribution in [0.15, 0.2) is 18.2 Å². The largest absolute Gasteiger partial charge is 0.405 e. The monoisotopic (exact) mass is 266 g/mol. The highest BCUT2D eigenvalue weighted by Crippen LogP contribution is 2.26. The van der Waals surface area contributed by atoms with Crippen LogP contribution in [0.5, 0.6) is 0 Å². The molecule has 0 aliphatic heterocycles. The van der Waals surface area contributed by atoms with Gasteiger partial charge < -0.3 is 10.6 Å². The summed E-state index contributed by atoms with van der Waals surface area (Å²) in [6.07, 6.45) is -3.73. The molecule has 17 heavy (non-hydrogen) atoms. The molecule has 2 nitrogen and oxygen atoms in total. The van der Waals surface area contributed by atoms with E-state index in [4.69, 9.17) is 17.3 Å². The molecule has 0 aliphatic carbocycles. The quantitative estimate of drug-likeness (QED) is 0.908. The second-order valence-corrected chi connectivity index (χ2v) is 4.22. The number of benzene rings is 1. The minimum absolute atomic E-state index is 0.368. The van der Waals surface area contributed by atoms with Crippen molar-refractivity contribution in [3.05, 3.63) is 28.8 Å². The van der Waals surface area contributed by atoms with Crippen LogP contribution in [0.4, 0.5) is 18.9 Å². The zero-order chi connectivity index (χ0) is 13.1. The summed E-state index contributed by atoms with van der Waals surface area (Å²) in [4.78, 5) is 1.15. The van der Waals surface area contributed by atoms with Gasteiger partial charge in [0.2, 0.25) is 0 Å². The van der Waals surface area contributed by atoms with E-state index in [2.05, 4.69) is 0 Å². The lowest BCUT2D eigenvalue weighted by molar-refractivity contribution is -0.119. The fourth-order valence-electron chi connectivity index (χ4n) is 1.64.